The normalized spacial score (nSPS) is 17.5. The van der Waals surface area contributed by atoms with E-state index in [2.05, 4.69) is 107 Å². The van der Waals surface area contributed by atoms with Crippen molar-refractivity contribution in [3.8, 4) is 22.8 Å². The Morgan fingerprint density at radius 2 is 1.16 bits per heavy atom. The Balaban J connectivity index is 1.61. The van der Waals surface area contributed by atoms with E-state index in [0.29, 0.717) is 11.8 Å². The predicted molar refractivity (Wildman–Crippen MR) is 151 cm³/mol. The second kappa shape index (κ2) is 10.8. The van der Waals surface area contributed by atoms with Crippen molar-refractivity contribution in [2.75, 3.05) is 13.2 Å². The van der Waals surface area contributed by atoms with Crippen molar-refractivity contribution >= 4 is 0 Å². The highest BCUT2D eigenvalue weighted by atomic mass is 16.5. The van der Waals surface area contributed by atoms with E-state index < -0.39 is 5.41 Å². The van der Waals surface area contributed by atoms with Gasteiger partial charge in [-0.3, -0.25) is 4.98 Å². The Hall–Kier alpha value is -3.59. The molecule has 0 amide bonds. The van der Waals surface area contributed by atoms with Gasteiger partial charge in [-0.05, 0) is 64.4 Å². The average molecular weight is 492 g/mol. The lowest BCUT2D eigenvalue weighted by Crippen LogP contribution is -2.28. The minimum Gasteiger partial charge on any atom is -0.493 e. The van der Waals surface area contributed by atoms with E-state index >= 15 is 0 Å². The Kier molecular flexibility index (Phi) is 7.32. The molecular formula is C34H37NO2. The number of nitrogens with zero attached hydrogens (tertiary/aromatic N) is 1. The Morgan fingerprint density at radius 1 is 0.649 bits per heavy atom. The fourth-order valence-electron chi connectivity index (χ4n) is 5.19. The second-order valence-corrected chi connectivity index (χ2v) is 10.4. The smallest absolute Gasteiger partial charge is 0.119 e. The molecular weight excluding hydrogens is 454 g/mol. The van der Waals surface area contributed by atoms with E-state index in [1.165, 1.54) is 27.8 Å². The lowest BCUT2D eigenvalue weighted by molar-refractivity contribution is 0.256. The Morgan fingerprint density at radius 3 is 1.70 bits per heavy atom. The standard InChI is InChI=1S/C34H37NO2/c1-5-24(3)22-36-28-17-13-26(14-18-28)34(27-15-19-29(20-16-27)37-23-25(4)6-2)31-11-8-7-10-30(31)33-32(34)12-9-21-35-33/h7-21,24-25H,5-6,22-23H2,1-4H3. The highest BCUT2D eigenvalue weighted by molar-refractivity contribution is 5.83. The molecule has 2 unspecified atom stereocenters. The zero-order valence-electron chi connectivity index (χ0n) is 22.4. The van der Waals surface area contributed by atoms with Gasteiger partial charge in [0.25, 0.3) is 0 Å². The van der Waals surface area contributed by atoms with E-state index in [0.717, 1.165) is 43.2 Å². The fourth-order valence-corrected chi connectivity index (χ4v) is 5.19. The van der Waals surface area contributed by atoms with Crippen LogP contribution < -0.4 is 9.47 Å². The van der Waals surface area contributed by atoms with Crippen LogP contribution >= 0.6 is 0 Å². The Bertz CT molecular complexity index is 1220. The third-order valence-corrected chi connectivity index (χ3v) is 7.84. The molecule has 1 aliphatic rings. The number of fused-ring (bicyclic) bond motifs is 3. The number of pyridine rings is 1. The number of hydrogen-bond donors (Lipinski definition) is 0. The van der Waals surface area contributed by atoms with E-state index in [1.54, 1.807) is 0 Å². The summed E-state index contributed by atoms with van der Waals surface area (Å²) < 4.78 is 12.2. The van der Waals surface area contributed by atoms with Crippen LogP contribution in [0.2, 0.25) is 0 Å². The van der Waals surface area contributed by atoms with Gasteiger partial charge in [-0.25, -0.2) is 0 Å². The topological polar surface area (TPSA) is 31.4 Å². The first-order chi connectivity index (χ1) is 18.1. The molecule has 3 aromatic carbocycles. The third-order valence-electron chi connectivity index (χ3n) is 7.84. The van der Waals surface area contributed by atoms with Crippen LogP contribution in [0.1, 0.15) is 62.8 Å². The van der Waals surface area contributed by atoms with Crippen molar-refractivity contribution < 1.29 is 9.47 Å². The number of hydrogen-bond acceptors (Lipinski definition) is 3. The lowest BCUT2D eigenvalue weighted by Gasteiger charge is -2.33. The summed E-state index contributed by atoms with van der Waals surface area (Å²) in [5, 5.41) is 0. The first kappa shape index (κ1) is 25.1. The zero-order valence-corrected chi connectivity index (χ0v) is 22.4. The number of rotatable bonds is 10. The SMILES string of the molecule is CCC(C)COc1ccc(C2(c3ccc(OCC(C)CC)cc3)c3ccccc3-c3ncccc32)cc1. The number of aromatic nitrogens is 1. The van der Waals surface area contributed by atoms with Crippen LogP contribution in [0, 0.1) is 11.8 Å². The van der Waals surface area contributed by atoms with Gasteiger partial charge < -0.3 is 9.47 Å². The van der Waals surface area contributed by atoms with Gasteiger partial charge in [0.15, 0.2) is 0 Å². The van der Waals surface area contributed by atoms with Crippen LogP contribution in [0.4, 0.5) is 0 Å². The molecule has 0 saturated heterocycles. The van der Waals surface area contributed by atoms with Crippen LogP contribution in [0.5, 0.6) is 11.5 Å². The van der Waals surface area contributed by atoms with Crippen LogP contribution in [-0.2, 0) is 5.41 Å². The van der Waals surface area contributed by atoms with Gasteiger partial charge in [0.1, 0.15) is 11.5 Å². The summed E-state index contributed by atoms with van der Waals surface area (Å²) in [7, 11) is 0. The van der Waals surface area contributed by atoms with Crippen molar-refractivity contribution in [3.05, 3.63) is 113 Å². The van der Waals surface area contributed by atoms with Crippen molar-refractivity contribution in [3.63, 3.8) is 0 Å². The molecule has 0 N–H and O–H groups in total. The van der Waals surface area contributed by atoms with Gasteiger partial charge in [0, 0.05) is 11.8 Å². The summed E-state index contributed by atoms with van der Waals surface area (Å²) in [4.78, 5) is 4.85. The molecule has 0 spiro atoms. The summed E-state index contributed by atoms with van der Waals surface area (Å²) >= 11 is 0. The molecule has 5 rings (SSSR count). The molecule has 0 radical (unpaired) electrons. The van der Waals surface area contributed by atoms with E-state index in [9.17, 15) is 0 Å². The molecule has 0 bridgehead atoms. The van der Waals surface area contributed by atoms with Crippen molar-refractivity contribution in [2.45, 2.75) is 46.0 Å². The van der Waals surface area contributed by atoms with Gasteiger partial charge >= 0.3 is 0 Å². The van der Waals surface area contributed by atoms with E-state index in [4.69, 9.17) is 14.5 Å². The number of benzene rings is 3. The highest BCUT2D eigenvalue weighted by Gasteiger charge is 2.46. The summed E-state index contributed by atoms with van der Waals surface area (Å²) in [5.74, 6) is 2.88. The maximum Gasteiger partial charge on any atom is 0.119 e. The molecule has 3 heteroatoms. The van der Waals surface area contributed by atoms with Crippen LogP contribution in [0.3, 0.4) is 0 Å². The van der Waals surface area contributed by atoms with E-state index in [1.807, 2.05) is 12.3 Å². The Labute approximate surface area is 221 Å². The molecule has 0 fully saturated rings. The summed E-state index contributed by atoms with van der Waals surface area (Å²) in [6.07, 6.45) is 4.11. The predicted octanol–water partition coefficient (Wildman–Crippen LogP) is 8.29. The quantitative estimate of drug-likeness (QED) is 0.197. The molecule has 1 aromatic heterocycles. The van der Waals surface area contributed by atoms with Gasteiger partial charge in [0.2, 0.25) is 0 Å². The zero-order chi connectivity index (χ0) is 25.8. The maximum absolute atomic E-state index is 6.10. The van der Waals surface area contributed by atoms with Gasteiger partial charge in [-0.15, -0.1) is 0 Å². The molecule has 0 aliphatic heterocycles. The lowest BCUT2D eigenvalue weighted by atomic mass is 9.68. The summed E-state index contributed by atoms with van der Waals surface area (Å²) in [6, 6.07) is 30.3. The van der Waals surface area contributed by atoms with Crippen LogP contribution in [0.15, 0.2) is 91.1 Å². The molecule has 190 valence electrons. The third kappa shape index (κ3) is 4.64. The van der Waals surface area contributed by atoms with Gasteiger partial charge in [-0.2, -0.15) is 0 Å². The van der Waals surface area contributed by atoms with Crippen LogP contribution in [-0.4, -0.2) is 18.2 Å². The first-order valence-electron chi connectivity index (χ1n) is 13.6. The maximum atomic E-state index is 6.10. The molecule has 2 atom stereocenters. The average Bonchev–Trinajstić information content (AvgIpc) is 3.26. The molecule has 0 saturated carbocycles. The monoisotopic (exact) mass is 491 g/mol. The minimum absolute atomic E-state index is 0.468. The largest absolute Gasteiger partial charge is 0.493 e. The van der Waals surface area contributed by atoms with Crippen molar-refractivity contribution in [1.82, 2.24) is 4.98 Å². The van der Waals surface area contributed by atoms with Crippen molar-refractivity contribution in [2.24, 2.45) is 11.8 Å². The van der Waals surface area contributed by atoms with E-state index in [-0.39, 0.29) is 0 Å². The highest BCUT2D eigenvalue weighted by Crippen LogP contribution is 2.55. The second-order valence-electron chi connectivity index (χ2n) is 10.4. The fraction of sp³-hybridized carbons (Fsp3) is 0.324. The molecule has 3 nitrogen and oxygen atoms in total. The summed E-state index contributed by atoms with van der Waals surface area (Å²) in [5.41, 5.74) is 6.64. The van der Waals surface area contributed by atoms with Crippen LogP contribution in [0.25, 0.3) is 11.3 Å². The molecule has 37 heavy (non-hydrogen) atoms. The summed E-state index contributed by atoms with van der Waals surface area (Å²) in [6.45, 7) is 10.3. The minimum atomic E-state index is -0.468. The molecule has 4 aromatic rings. The van der Waals surface area contributed by atoms with Gasteiger partial charge in [-0.1, -0.05) is 95.1 Å². The first-order valence-corrected chi connectivity index (χ1v) is 13.6. The number of ether oxygens (including phenoxy) is 2. The van der Waals surface area contributed by atoms with Gasteiger partial charge in [0.05, 0.1) is 24.3 Å². The molecule has 1 heterocycles. The van der Waals surface area contributed by atoms with Crippen molar-refractivity contribution in [1.29, 1.82) is 0 Å². The molecule has 1 aliphatic carbocycles.